The van der Waals surface area contributed by atoms with E-state index in [2.05, 4.69) is 4.74 Å². The Balaban J connectivity index is 2.38. The maximum absolute atomic E-state index is 13.3. The third kappa shape index (κ3) is 4.79. The van der Waals surface area contributed by atoms with Gasteiger partial charge >= 0.3 is 5.97 Å². The van der Waals surface area contributed by atoms with Crippen LogP contribution in [0, 0.1) is 11.6 Å². The van der Waals surface area contributed by atoms with Gasteiger partial charge in [-0.1, -0.05) is 6.07 Å². The second-order valence-electron chi connectivity index (χ2n) is 4.12. The van der Waals surface area contributed by atoms with Crippen molar-refractivity contribution in [1.29, 1.82) is 0 Å². The van der Waals surface area contributed by atoms with Gasteiger partial charge in [0.1, 0.15) is 11.6 Å². The number of carbonyl (C=O) groups is 1. The molecule has 0 saturated carbocycles. The molecule has 100 valence electrons. The first-order chi connectivity index (χ1) is 8.52. The molecule has 0 heterocycles. The molecule has 0 aliphatic carbocycles. The number of carbonyl (C=O) groups excluding carboxylic acids is 1. The quantitative estimate of drug-likeness (QED) is 0.730. The van der Waals surface area contributed by atoms with Gasteiger partial charge < -0.3 is 9.64 Å². The molecule has 0 spiro atoms. The van der Waals surface area contributed by atoms with Crippen LogP contribution in [0.5, 0.6) is 0 Å². The average molecular weight is 257 g/mol. The van der Waals surface area contributed by atoms with Crippen molar-refractivity contribution in [3.63, 3.8) is 0 Å². The van der Waals surface area contributed by atoms with Crippen molar-refractivity contribution in [2.75, 3.05) is 27.2 Å². The maximum Gasteiger partial charge on any atom is 0.306 e. The first kappa shape index (κ1) is 14.6. The minimum Gasteiger partial charge on any atom is -0.469 e. The van der Waals surface area contributed by atoms with E-state index >= 15 is 0 Å². The van der Waals surface area contributed by atoms with Crippen LogP contribution in [0.15, 0.2) is 18.2 Å². The SMILES string of the molecule is COC(=O)CCN(C)CCc1ccc(F)cc1F. The van der Waals surface area contributed by atoms with Gasteiger partial charge in [-0.15, -0.1) is 0 Å². The third-order valence-electron chi connectivity index (χ3n) is 2.70. The fourth-order valence-electron chi connectivity index (χ4n) is 1.53. The smallest absolute Gasteiger partial charge is 0.306 e. The predicted molar refractivity (Wildman–Crippen MR) is 64.2 cm³/mol. The summed E-state index contributed by atoms with van der Waals surface area (Å²) in [6.45, 7) is 1.15. The van der Waals surface area contributed by atoms with Crippen LogP contribution < -0.4 is 0 Å². The number of likely N-dealkylation sites (N-methyl/N-ethyl adjacent to an activating group) is 1. The van der Waals surface area contributed by atoms with Gasteiger partial charge in [-0.3, -0.25) is 4.79 Å². The molecule has 18 heavy (non-hydrogen) atoms. The van der Waals surface area contributed by atoms with Crippen molar-refractivity contribution in [1.82, 2.24) is 4.90 Å². The largest absolute Gasteiger partial charge is 0.469 e. The van der Waals surface area contributed by atoms with Gasteiger partial charge in [0.15, 0.2) is 0 Å². The summed E-state index contributed by atoms with van der Waals surface area (Å²) >= 11 is 0. The molecule has 0 aliphatic rings. The van der Waals surface area contributed by atoms with Crippen LogP contribution in [0.1, 0.15) is 12.0 Å². The first-order valence-electron chi connectivity index (χ1n) is 5.72. The Kier molecular flexibility index (Phi) is 5.71. The molecule has 0 N–H and O–H groups in total. The lowest BCUT2D eigenvalue weighted by Crippen LogP contribution is -2.24. The molecule has 0 radical (unpaired) electrons. The van der Waals surface area contributed by atoms with Gasteiger partial charge in [0.25, 0.3) is 0 Å². The molecule has 1 aromatic carbocycles. The number of hydrogen-bond donors (Lipinski definition) is 0. The van der Waals surface area contributed by atoms with E-state index < -0.39 is 11.6 Å². The summed E-state index contributed by atoms with van der Waals surface area (Å²) < 4.78 is 30.6. The van der Waals surface area contributed by atoms with Crippen LogP contribution in [0.4, 0.5) is 8.78 Å². The van der Waals surface area contributed by atoms with E-state index in [1.54, 1.807) is 0 Å². The van der Waals surface area contributed by atoms with Gasteiger partial charge in [-0.05, 0) is 25.1 Å². The second-order valence-corrected chi connectivity index (χ2v) is 4.12. The van der Waals surface area contributed by atoms with Gasteiger partial charge in [-0.25, -0.2) is 8.78 Å². The van der Waals surface area contributed by atoms with Crippen molar-refractivity contribution < 1.29 is 18.3 Å². The van der Waals surface area contributed by atoms with Gasteiger partial charge in [0.05, 0.1) is 13.5 Å². The fourth-order valence-corrected chi connectivity index (χ4v) is 1.53. The Hall–Kier alpha value is -1.49. The molecule has 0 unspecified atom stereocenters. The molecule has 0 aliphatic heterocycles. The van der Waals surface area contributed by atoms with Crippen molar-refractivity contribution >= 4 is 5.97 Å². The second kappa shape index (κ2) is 7.06. The van der Waals surface area contributed by atoms with E-state index in [-0.39, 0.29) is 5.97 Å². The van der Waals surface area contributed by atoms with Crippen LogP contribution in [0.3, 0.4) is 0 Å². The van der Waals surface area contributed by atoms with Crippen LogP contribution >= 0.6 is 0 Å². The van der Waals surface area contributed by atoms with E-state index in [1.165, 1.54) is 19.2 Å². The minimum atomic E-state index is -0.574. The van der Waals surface area contributed by atoms with Crippen molar-refractivity contribution in [3.05, 3.63) is 35.4 Å². The summed E-state index contributed by atoms with van der Waals surface area (Å²) in [4.78, 5) is 12.8. The number of rotatable bonds is 6. The van der Waals surface area contributed by atoms with E-state index in [0.717, 1.165) is 6.07 Å². The average Bonchev–Trinajstić information content (AvgIpc) is 2.34. The lowest BCUT2D eigenvalue weighted by Gasteiger charge is -2.15. The Morgan fingerprint density at radius 1 is 1.33 bits per heavy atom. The van der Waals surface area contributed by atoms with E-state index in [9.17, 15) is 13.6 Å². The number of methoxy groups -OCH3 is 1. The number of halogens is 2. The summed E-state index contributed by atoms with van der Waals surface area (Å²) in [6.07, 6.45) is 0.780. The lowest BCUT2D eigenvalue weighted by molar-refractivity contribution is -0.140. The predicted octanol–water partition coefficient (Wildman–Crippen LogP) is 2.00. The molecule has 1 aromatic rings. The first-order valence-corrected chi connectivity index (χ1v) is 5.72. The fraction of sp³-hybridized carbons (Fsp3) is 0.462. The van der Waals surface area contributed by atoms with E-state index in [4.69, 9.17) is 0 Å². The minimum absolute atomic E-state index is 0.269. The summed E-state index contributed by atoms with van der Waals surface area (Å²) in [6, 6.07) is 3.56. The van der Waals surface area contributed by atoms with Gasteiger partial charge in [-0.2, -0.15) is 0 Å². The highest BCUT2D eigenvalue weighted by atomic mass is 19.1. The zero-order valence-corrected chi connectivity index (χ0v) is 10.6. The Morgan fingerprint density at radius 3 is 2.67 bits per heavy atom. The molecule has 0 saturated heterocycles. The number of nitrogens with zero attached hydrogens (tertiary/aromatic N) is 1. The van der Waals surface area contributed by atoms with Crippen molar-refractivity contribution in [2.45, 2.75) is 12.8 Å². The summed E-state index contributed by atoms with van der Waals surface area (Å²) in [5.74, 6) is -1.37. The molecular formula is C13H17F2NO2. The van der Waals surface area contributed by atoms with Crippen LogP contribution in [-0.2, 0) is 16.0 Å². The normalized spacial score (nSPS) is 10.7. The molecule has 0 aromatic heterocycles. The molecule has 0 bridgehead atoms. The number of ether oxygens (including phenoxy) is 1. The van der Waals surface area contributed by atoms with Crippen molar-refractivity contribution in [2.24, 2.45) is 0 Å². The molecule has 0 atom stereocenters. The molecule has 1 rings (SSSR count). The maximum atomic E-state index is 13.3. The number of benzene rings is 1. The third-order valence-corrected chi connectivity index (χ3v) is 2.70. The molecule has 5 heteroatoms. The Labute approximate surface area is 105 Å². The molecular weight excluding hydrogens is 240 g/mol. The topological polar surface area (TPSA) is 29.5 Å². The van der Waals surface area contributed by atoms with Crippen LogP contribution in [-0.4, -0.2) is 38.1 Å². The Morgan fingerprint density at radius 2 is 2.06 bits per heavy atom. The zero-order chi connectivity index (χ0) is 13.5. The standard InChI is InChI=1S/C13H17F2NO2/c1-16(8-6-13(17)18-2)7-5-10-3-4-11(14)9-12(10)15/h3-4,9H,5-8H2,1-2H3. The number of esters is 1. The molecule has 0 fully saturated rings. The van der Waals surface area contributed by atoms with Gasteiger partial charge in [0.2, 0.25) is 0 Å². The lowest BCUT2D eigenvalue weighted by atomic mass is 10.1. The summed E-state index contributed by atoms with van der Waals surface area (Å²) in [5, 5.41) is 0. The number of hydrogen-bond acceptors (Lipinski definition) is 3. The van der Waals surface area contributed by atoms with Crippen LogP contribution in [0.25, 0.3) is 0 Å². The highest BCUT2D eigenvalue weighted by Gasteiger charge is 2.07. The zero-order valence-electron chi connectivity index (χ0n) is 10.6. The summed E-state index contributed by atoms with van der Waals surface area (Å²) in [5.41, 5.74) is 0.473. The van der Waals surface area contributed by atoms with E-state index in [1.807, 2.05) is 11.9 Å². The van der Waals surface area contributed by atoms with Crippen LogP contribution in [0.2, 0.25) is 0 Å². The van der Waals surface area contributed by atoms with Gasteiger partial charge in [0, 0.05) is 19.2 Å². The van der Waals surface area contributed by atoms with E-state index in [0.29, 0.717) is 31.5 Å². The highest BCUT2D eigenvalue weighted by molar-refractivity contribution is 5.69. The van der Waals surface area contributed by atoms with Crippen molar-refractivity contribution in [3.8, 4) is 0 Å². The molecule has 0 amide bonds. The summed E-state index contributed by atoms with van der Waals surface area (Å²) in [7, 11) is 3.18. The highest BCUT2D eigenvalue weighted by Crippen LogP contribution is 2.10. The monoisotopic (exact) mass is 257 g/mol. The Bertz CT molecular complexity index is 410. The molecule has 3 nitrogen and oxygen atoms in total.